The van der Waals surface area contributed by atoms with Crippen LogP contribution in [0.25, 0.3) is 0 Å². The molecule has 172 valence electrons. The van der Waals surface area contributed by atoms with E-state index in [1.165, 1.54) is 11.1 Å². The molecule has 0 saturated carbocycles. The Hall–Kier alpha value is -1.21. The topological polar surface area (TPSA) is 87.2 Å². The lowest BCUT2D eigenvalue weighted by atomic mass is 9.76. The molecule has 30 heavy (non-hydrogen) atoms. The molecule has 2 aliphatic rings. The van der Waals surface area contributed by atoms with Gasteiger partial charge in [-0.3, -0.25) is 4.90 Å². The molecule has 2 aliphatic heterocycles. The molecule has 3 rings (SSSR count). The number of sulfonamides is 1. The van der Waals surface area contributed by atoms with E-state index in [-0.39, 0.29) is 11.5 Å². The van der Waals surface area contributed by atoms with Crippen molar-refractivity contribution in [1.82, 2.24) is 9.21 Å². The van der Waals surface area contributed by atoms with E-state index >= 15 is 0 Å². The van der Waals surface area contributed by atoms with Gasteiger partial charge in [0.1, 0.15) is 0 Å². The minimum absolute atomic E-state index is 0.00107. The number of carboxylic acid groups (broad SMARTS) is 1. The number of hydrogen-bond acceptors (Lipinski definition) is 6. The first-order chi connectivity index (χ1) is 13.9. The summed E-state index contributed by atoms with van der Waals surface area (Å²) in [5.74, 6) is -2.76. The summed E-state index contributed by atoms with van der Waals surface area (Å²) in [6, 6.07) is 4.28. The van der Waals surface area contributed by atoms with Crippen LogP contribution in [-0.4, -0.2) is 80.5 Å². The van der Waals surface area contributed by atoms with Gasteiger partial charge in [-0.15, -0.1) is 11.3 Å². The molecule has 0 amide bonds. The molecular formula is C18H27F3N2O5S2. The van der Waals surface area contributed by atoms with Gasteiger partial charge in [0, 0.05) is 31.1 Å². The molecule has 1 aromatic rings. The average molecular weight is 473 g/mol. The van der Waals surface area contributed by atoms with E-state index in [4.69, 9.17) is 14.6 Å². The van der Waals surface area contributed by atoms with Crippen molar-refractivity contribution in [2.75, 3.05) is 39.6 Å². The summed E-state index contributed by atoms with van der Waals surface area (Å²) in [5.41, 5.74) is 0.137. The van der Waals surface area contributed by atoms with Crippen molar-refractivity contribution in [2.24, 2.45) is 5.41 Å². The van der Waals surface area contributed by atoms with Crippen molar-refractivity contribution in [2.45, 2.75) is 38.0 Å². The molecular weight excluding hydrogens is 445 g/mol. The number of likely N-dealkylation sites (tertiary alicyclic amines) is 1. The molecule has 1 N–H and O–H groups in total. The summed E-state index contributed by atoms with van der Waals surface area (Å²) in [7, 11) is -1.51. The largest absolute Gasteiger partial charge is 0.490 e. The maximum atomic E-state index is 12.1. The second-order valence-corrected chi connectivity index (χ2v) is 10.7. The lowest BCUT2D eigenvalue weighted by Gasteiger charge is -2.39. The van der Waals surface area contributed by atoms with Crippen LogP contribution in [0.1, 0.15) is 24.1 Å². The van der Waals surface area contributed by atoms with E-state index in [0.29, 0.717) is 13.2 Å². The van der Waals surface area contributed by atoms with Gasteiger partial charge in [0.2, 0.25) is 10.0 Å². The lowest BCUT2D eigenvalue weighted by Crippen LogP contribution is -2.42. The van der Waals surface area contributed by atoms with Crippen LogP contribution < -0.4 is 0 Å². The van der Waals surface area contributed by atoms with Crippen molar-refractivity contribution in [3.8, 4) is 0 Å². The normalized spacial score (nSPS) is 22.6. The summed E-state index contributed by atoms with van der Waals surface area (Å²) in [6.45, 7) is 4.27. The summed E-state index contributed by atoms with van der Waals surface area (Å²) in [5, 5.41) is 9.25. The maximum absolute atomic E-state index is 12.1. The fourth-order valence-electron chi connectivity index (χ4n) is 4.02. The summed E-state index contributed by atoms with van der Waals surface area (Å²) < 4.78 is 62.8. The standard InChI is InChI=1S/C16H26N2O3S2.C2HF3O2/c1-21-12-14-10-16(13-18(14)23(2,19)20)5-7-17(8-6-16)11-15-4-3-9-22-15;3-2(4,5)1(6)7/h3-4,9,14H,5-8,10-13H2,1-2H3;(H,6,7). The van der Waals surface area contributed by atoms with Crippen LogP contribution in [0.4, 0.5) is 13.2 Å². The highest BCUT2D eigenvalue weighted by atomic mass is 32.2. The molecule has 0 radical (unpaired) electrons. The summed E-state index contributed by atoms with van der Waals surface area (Å²) >= 11 is 1.81. The third-order valence-electron chi connectivity index (χ3n) is 5.47. The van der Waals surface area contributed by atoms with Crippen LogP contribution in [0.2, 0.25) is 0 Å². The molecule has 1 atom stereocenters. The van der Waals surface area contributed by atoms with Crippen LogP contribution in [0.3, 0.4) is 0 Å². The van der Waals surface area contributed by atoms with Crippen LogP contribution in [-0.2, 0) is 26.1 Å². The number of hydrogen-bond donors (Lipinski definition) is 1. The second-order valence-electron chi connectivity index (χ2n) is 7.78. The quantitative estimate of drug-likeness (QED) is 0.709. The predicted molar refractivity (Wildman–Crippen MR) is 107 cm³/mol. The van der Waals surface area contributed by atoms with E-state index in [2.05, 4.69) is 22.4 Å². The number of piperidine rings is 1. The van der Waals surface area contributed by atoms with E-state index in [1.54, 1.807) is 22.8 Å². The number of halogens is 3. The highest BCUT2D eigenvalue weighted by molar-refractivity contribution is 7.88. The van der Waals surface area contributed by atoms with Gasteiger partial charge in [-0.1, -0.05) is 6.07 Å². The third-order valence-corrected chi connectivity index (χ3v) is 7.61. The molecule has 1 spiro atoms. The Morgan fingerprint density at radius 1 is 1.37 bits per heavy atom. The van der Waals surface area contributed by atoms with E-state index < -0.39 is 22.2 Å². The van der Waals surface area contributed by atoms with E-state index in [1.807, 2.05) is 0 Å². The van der Waals surface area contributed by atoms with E-state index in [9.17, 15) is 21.6 Å². The van der Waals surface area contributed by atoms with Crippen molar-refractivity contribution < 1.29 is 36.2 Å². The first kappa shape index (κ1) is 25.1. The molecule has 0 aliphatic carbocycles. The number of ether oxygens (including phenoxy) is 1. The Balaban J connectivity index is 0.000000396. The highest BCUT2D eigenvalue weighted by Gasteiger charge is 2.48. The Kier molecular flexibility index (Phi) is 8.30. The minimum atomic E-state index is -5.08. The Morgan fingerprint density at radius 2 is 1.97 bits per heavy atom. The van der Waals surface area contributed by atoms with Gasteiger partial charge in [-0.05, 0) is 49.2 Å². The molecule has 0 bridgehead atoms. The van der Waals surface area contributed by atoms with Gasteiger partial charge >= 0.3 is 12.1 Å². The van der Waals surface area contributed by atoms with Gasteiger partial charge < -0.3 is 9.84 Å². The van der Waals surface area contributed by atoms with Gasteiger partial charge in [0.05, 0.1) is 12.9 Å². The SMILES string of the molecule is COCC1CC2(CCN(Cc3cccs3)CC2)CN1S(C)(=O)=O.O=C(O)C(F)(F)F. The zero-order chi connectivity index (χ0) is 22.6. The Bertz CT molecular complexity index is 791. The van der Waals surface area contributed by atoms with Crippen molar-refractivity contribution >= 4 is 27.3 Å². The van der Waals surface area contributed by atoms with Crippen molar-refractivity contribution in [1.29, 1.82) is 0 Å². The van der Waals surface area contributed by atoms with Gasteiger partial charge in [0.25, 0.3) is 0 Å². The number of carboxylic acids is 1. The first-order valence-electron chi connectivity index (χ1n) is 9.37. The van der Waals surface area contributed by atoms with Crippen molar-refractivity contribution in [3.63, 3.8) is 0 Å². The molecule has 3 heterocycles. The molecule has 12 heteroatoms. The van der Waals surface area contributed by atoms with Gasteiger partial charge in [-0.25, -0.2) is 13.2 Å². The number of thiophene rings is 1. The summed E-state index contributed by atoms with van der Waals surface area (Å²) in [4.78, 5) is 12.8. The monoisotopic (exact) mass is 472 g/mol. The molecule has 7 nitrogen and oxygen atoms in total. The minimum Gasteiger partial charge on any atom is -0.475 e. The lowest BCUT2D eigenvalue weighted by molar-refractivity contribution is -0.192. The molecule has 2 fully saturated rings. The second kappa shape index (κ2) is 9.94. The zero-order valence-electron chi connectivity index (χ0n) is 16.9. The van der Waals surface area contributed by atoms with Crippen LogP contribution in [0.15, 0.2) is 17.5 Å². The number of methoxy groups -OCH3 is 1. The Morgan fingerprint density at radius 3 is 2.40 bits per heavy atom. The summed E-state index contributed by atoms with van der Waals surface area (Å²) in [6.07, 6.45) is -0.684. The fourth-order valence-corrected chi connectivity index (χ4v) is 5.95. The third kappa shape index (κ3) is 6.91. The number of alkyl halides is 3. The van der Waals surface area contributed by atoms with Crippen LogP contribution in [0, 0.1) is 5.41 Å². The fraction of sp³-hybridized carbons (Fsp3) is 0.722. The molecule has 1 unspecified atom stereocenters. The van der Waals surface area contributed by atoms with Gasteiger partial charge in [0.15, 0.2) is 0 Å². The Labute approximate surface area is 178 Å². The molecule has 0 aromatic carbocycles. The van der Waals surface area contributed by atoms with E-state index in [0.717, 1.165) is 38.9 Å². The average Bonchev–Trinajstić information content (AvgIpc) is 3.25. The highest BCUT2D eigenvalue weighted by Crippen LogP contribution is 2.44. The number of carbonyl (C=O) groups is 1. The zero-order valence-corrected chi connectivity index (χ0v) is 18.5. The van der Waals surface area contributed by atoms with Crippen molar-refractivity contribution in [3.05, 3.63) is 22.4 Å². The number of aliphatic carboxylic acids is 1. The predicted octanol–water partition coefficient (Wildman–Crippen LogP) is 2.64. The van der Waals surface area contributed by atoms with Gasteiger partial charge in [-0.2, -0.15) is 17.5 Å². The molecule has 1 aromatic heterocycles. The number of rotatable bonds is 5. The number of nitrogens with zero attached hydrogens (tertiary/aromatic N) is 2. The smallest absolute Gasteiger partial charge is 0.475 e. The van der Waals surface area contributed by atoms with Crippen LogP contribution in [0.5, 0.6) is 0 Å². The van der Waals surface area contributed by atoms with Crippen LogP contribution >= 0.6 is 11.3 Å². The first-order valence-corrected chi connectivity index (χ1v) is 12.1. The molecule has 2 saturated heterocycles. The maximum Gasteiger partial charge on any atom is 0.490 e.